The van der Waals surface area contributed by atoms with Crippen molar-refractivity contribution in [3.05, 3.63) is 11.6 Å². The normalized spacial score (nSPS) is 54.8. The number of carbonyl (C=O) groups is 1. The summed E-state index contributed by atoms with van der Waals surface area (Å²) >= 11 is 0. The number of ether oxygens (including phenoxy) is 2. The SMILES string of the molecule is CC1(C)CC[C@]2(CO)[C@@H](O)C[C@]3(C)C(=CC[C@@H]4[C@@]5(C)CC[C@H](O[C@@H]6O[C@H](C(=O)O)[C@@H](O)[C@H](O)[C@H]6O)[C@@](C)(CO)[C@@H]5CC[C@]43C)[C@@H]2C1. The van der Waals surface area contributed by atoms with Gasteiger partial charge in [0, 0.05) is 10.8 Å². The zero-order chi connectivity index (χ0) is 33.8. The lowest BCUT2D eigenvalue weighted by molar-refractivity contribution is -0.327. The van der Waals surface area contributed by atoms with E-state index in [9.17, 15) is 40.5 Å². The van der Waals surface area contributed by atoms with Crippen LogP contribution in [0.15, 0.2) is 11.6 Å². The Morgan fingerprint density at radius 3 is 2.20 bits per heavy atom. The molecule has 15 atom stereocenters. The summed E-state index contributed by atoms with van der Waals surface area (Å²) < 4.78 is 11.8. The highest BCUT2D eigenvalue weighted by Crippen LogP contribution is 2.75. The molecule has 46 heavy (non-hydrogen) atoms. The smallest absolute Gasteiger partial charge is 0.335 e. The van der Waals surface area contributed by atoms with E-state index in [0.29, 0.717) is 12.8 Å². The maximum atomic E-state index is 11.9. The quantitative estimate of drug-likeness (QED) is 0.173. The Labute approximate surface area is 273 Å². The number of rotatable bonds is 5. The van der Waals surface area contributed by atoms with E-state index in [-0.39, 0.29) is 52.6 Å². The Hall–Kier alpha value is -1.11. The van der Waals surface area contributed by atoms with Crippen LogP contribution in [0.25, 0.3) is 0 Å². The van der Waals surface area contributed by atoms with Crippen LogP contribution in [0.1, 0.15) is 99.3 Å². The number of hydrogen-bond donors (Lipinski definition) is 7. The van der Waals surface area contributed by atoms with Gasteiger partial charge in [-0.1, -0.05) is 53.2 Å². The van der Waals surface area contributed by atoms with Crippen molar-refractivity contribution in [1.82, 2.24) is 0 Å². The van der Waals surface area contributed by atoms with Crippen LogP contribution >= 0.6 is 0 Å². The molecule has 0 aromatic heterocycles. The minimum Gasteiger partial charge on any atom is -0.479 e. The number of aliphatic hydroxyl groups excluding tert-OH is 6. The topological polar surface area (TPSA) is 177 Å². The molecule has 1 saturated heterocycles. The Balaban J connectivity index is 1.32. The van der Waals surface area contributed by atoms with Gasteiger partial charge in [0.1, 0.15) is 18.3 Å². The zero-order valence-corrected chi connectivity index (χ0v) is 28.5. The Morgan fingerprint density at radius 1 is 0.870 bits per heavy atom. The van der Waals surface area contributed by atoms with E-state index in [1.165, 1.54) is 5.57 Å². The number of hydrogen-bond acceptors (Lipinski definition) is 9. The van der Waals surface area contributed by atoms with Crippen LogP contribution in [0.4, 0.5) is 0 Å². The second-order valence-electron chi connectivity index (χ2n) is 17.9. The summed E-state index contributed by atoms with van der Waals surface area (Å²) in [5, 5.41) is 74.6. The molecular weight excluding hydrogens is 592 g/mol. The third-order valence-electron chi connectivity index (χ3n) is 15.4. The van der Waals surface area contributed by atoms with Gasteiger partial charge >= 0.3 is 5.97 Å². The fourth-order valence-corrected chi connectivity index (χ4v) is 12.3. The van der Waals surface area contributed by atoms with Crippen molar-refractivity contribution in [1.29, 1.82) is 0 Å². The molecule has 0 spiro atoms. The molecule has 0 bridgehead atoms. The van der Waals surface area contributed by atoms with Crippen molar-refractivity contribution < 1.29 is 50.0 Å². The molecule has 1 heterocycles. The van der Waals surface area contributed by atoms with Gasteiger partial charge in [0.2, 0.25) is 0 Å². The second-order valence-corrected chi connectivity index (χ2v) is 17.9. The third-order valence-corrected chi connectivity index (χ3v) is 15.4. The standard InChI is InChI=1S/C36H58O10/c1-31(2)13-14-36(18-38)20(15-31)19-7-8-22-32(3)11-10-24(45-30-27(42)25(40)26(41)28(46-30)29(43)44)33(4,17-37)21(32)9-12-34(22,5)35(19,6)16-23(36)39/h7,20-28,30,37-42H,8-18H2,1-6H3,(H,43,44)/t20-,21+,22+,23-,24-,25-,26-,27+,28-,30+,32-,33-,34+,35+,36+/m0/s1. The summed E-state index contributed by atoms with van der Waals surface area (Å²) in [6.07, 6.45) is 0.245. The molecule has 0 radical (unpaired) electrons. The second kappa shape index (κ2) is 11.2. The molecule has 0 aromatic rings. The highest BCUT2D eigenvalue weighted by molar-refractivity contribution is 5.73. The molecule has 10 nitrogen and oxygen atoms in total. The maximum absolute atomic E-state index is 11.9. The van der Waals surface area contributed by atoms with Gasteiger partial charge in [-0.25, -0.2) is 4.79 Å². The highest BCUT2D eigenvalue weighted by Gasteiger charge is 2.70. The third kappa shape index (κ3) is 4.60. The minimum atomic E-state index is -1.80. The molecule has 4 saturated carbocycles. The van der Waals surface area contributed by atoms with Gasteiger partial charge in [-0.15, -0.1) is 0 Å². The number of aliphatic carboxylic acids is 1. The first-order valence-corrected chi connectivity index (χ1v) is 17.5. The van der Waals surface area contributed by atoms with Crippen molar-refractivity contribution in [3.63, 3.8) is 0 Å². The van der Waals surface area contributed by atoms with E-state index in [0.717, 1.165) is 44.9 Å². The predicted octanol–water partition coefficient (Wildman–Crippen LogP) is 3.00. The van der Waals surface area contributed by atoms with Crippen LogP contribution in [0.2, 0.25) is 0 Å². The van der Waals surface area contributed by atoms with Gasteiger partial charge in [-0.3, -0.25) is 0 Å². The van der Waals surface area contributed by atoms with Crippen LogP contribution < -0.4 is 0 Å². The lowest BCUT2D eigenvalue weighted by Gasteiger charge is -2.72. The van der Waals surface area contributed by atoms with E-state index in [1.807, 2.05) is 6.92 Å². The van der Waals surface area contributed by atoms with Crippen molar-refractivity contribution in [3.8, 4) is 0 Å². The van der Waals surface area contributed by atoms with Gasteiger partial charge in [0.15, 0.2) is 12.4 Å². The first-order valence-electron chi connectivity index (χ1n) is 17.5. The molecule has 0 aromatic carbocycles. The molecule has 7 N–H and O–H groups in total. The van der Waals surface area contributed by atoms with Crippen molar-refractivity contribution in [2.75, 3.05) is 13.2 Å². The summed E-state index contributed by atoms with van der Waals surface area (Å²) in [6, 6.07) is 0. The van der Waals surface area contributed by atoms with E-state index >= 15 is 0 Å². The molecule has 0 unspecified atom stereocenters. The van der Waals surface area contributed by atoms with Gasteiger partial charge in [-0.2, -0.15) is 0 Å². The molecule has 0 amide bonds. The number of carboxylic acid groups (broad SMARTS) is 1. The van der Waals surface area contributed by atoms with E-state index < -0.39 is 59.7 Å². The molecular formula is C36H58O10. The fraction of sp³-hybridized carbons (Fsp3) is 0.917. The molecule has 5 aliphatic carbocycles. The monoisotopic (exact) mass is 650 g/mol. The average molecular weight is 651 g/mol. The van der Waals surface area contributed by atoms with Crippen molar-refractivity contribution in [2.45, 2.75) is 142 Å². The highest BCUT2D eigenvalue weighted by atomic mass is 16.7. The van der Waals surface area contributed by atoms with Crippen LogP contribution in [-0.2, 0) is 14.3 Å². The molecule has 1 aliphatic heterocycles. The number of allylic oxidation sites excluding steroid dienone is 2. The summed E-state index contributed by atoms with van der Waals surface area (Å²) in [5.74, 6) is -1.01. The first-order chi connectivity index (χ1) is 21.3. The van der Waals surface area contributed by atoms with Gasteiger partial charge < -0.3 is 45.2 Å². The maximum Gasteiger partial charge on any atom is 0.335 e. The van der Waals surface area contributed by atoms with Crippen LogP contribution in [0.5, 0.6) is 0 Å². The largest absolute Gasteiger partial charge is 0.479 e. The lowest BCUT2D eigenvalue weighted by atomic mass is 9.33. The van der Waals surface area contributed by atoms with E-state index in [4.69, 9.17) is 9.47 Å². The number of fused-ring (bicyclic) bond motifs is 7. The van der Waals surface area contributed by atoms with E-state index in [1.54, 1.807) is 0 Å². The molecule has 262 valence electrons. The fourth-order valence-electron chi connectivity index (χ4n) is 12.3. The predicted molar refractivity (Wildman–Crippen MR) is 168 cm³/mol. The average Bonchev–Trinajstić information content (AvgIpc) is 2.98. The number of aliphatic hydroxyl groups is 6. The van der Waals surface area contributed by atoms with Crippen molar-refractivity contribution >= 4 is 5.97 Å². The van der Waals surface area contributed by atoms with Crippen LogP contribution in [0.3, 0.4) is 0 Å². The van der Waals surface area contributed by atoms with Crippen LogP contribution in [0, 0.1) is 50.2 Å². The Kier molecular flexibility index (Phi) is 8.46. The van der Waals surface area contributed by atoms with Crippen molar-refractivity contribution in [2.24, 2.45) is 50.2 Å². The summed E-state index contributed by atoms with van der Waals surface area (Å²) in [4.78, 5) is 11.7. The Morgan fingerprint density at radius 2 is 1.57 bits per heavy atom. The van der Waals surface area contributed by atoms with Gasteiger partial charge in [-0.05, 0) is 97.2 Å². The molecule has 10 heteroatoms. The van der Waals surface area contributed by atoms with E-state index in [2.05, 4.69) is 40.7 Å². The summed E-state index contributed by atoms with van der Waals surface area (Å²) in [6.45, 7) is 13.6. The lowest BCUT2D eigenvalue weighted by Crippen LogP contribution is -2.68. The molecule has 6 rings (SSSR count). The minimum absolute atomic E-state index is 0.00111. The van der Waals surface area contributed by atoms with Gasteiger partial charge in [0.25, 0.3) is 0 Å². The molecule has 6 aliphatic rings. The summed E-state index contributed by atoms with van der Waals surface area (Å²) in [7, 11) is 0. The number of carboxylic acids is 1. The zero-order valence-electron chi connectivity index (χ0n) is 28.5. The summed E-state index contributed by atoms with van der Waals surface area (Å²) in [5.41, 5.74) is -0.208. The van der Waals surface area contributed by atoms with Gasteiger partial charge in [0.05, 0.1) is 25.4 Å². The van der Waals surface area contributed by atoms with Crippen LogP contribution in [-0.4, -0.2) is 97.8 Å². The Bertz CT molecular complexity index is 1240. The first kappa shape index (κ1) is 34.7. The molecule has 5 fully saturated rings.